The Bertz CT molecular complexity index is 1010. The highest BCUT2D eigenvalue weighted by Gasteiger charge is 2.30. The SMILES string of the molecule is O=S(=O)(CCN1CCc2sccc2C1c1ccccc1)c1ccc(Cl)cc1. The zero-order chi connectivity index (χ0) is 18.9. The molecule has 0 fully saturated rings. The van der Waals surface area contributed by atoms with E-state index in [-0.39, 0.29) is 11.8 Å². The number of hydrogen-bond donors (Lipinski definition) is 0. The molecule has 0 bridgehead atoms. The van der Waals surface area contributed by atoms with Crippen molar-refractivity contribution in [3.63, 3.8) is 0 Å². The van der Waals surface area contributed by atoms with Gasteiger partial charge in [0.15, 0.2) is 9.84 Å². The van der Waals surface area contributed by atoms with Gasteiger partial charge in [-0.3, -0.25) is 4.90 Å². The molecule has 3 aromatic rings. The first-order valence-corrected chi connectivity index (χ1v) is 11.8. The number of sulfone groups is 1. The van der Waals surface area contributed by atoms with Crippen LogP contribution in [0.4, 0.5) is 0 Å². The minimum absolute atomic E-state index is 0.0947. The molecule has 1 aromatic heterocycles. The van der Waals surface area contributed by atoms with Crippen LogP contribution in [-0.4, -0.2) is 32.2 Å². The summed E-state index contributed by atoms with van der Waals surface area (Å²) in [4.78, 5) is 4.02. The van der Waals surface area contributed by atoms with Crippen LogP contribution in [0.15, 0.2) is 70.9 Å². The molecular formula is C21H20ClNO2S2. The van der Waals surface area contributed by atoms with Gasteiger partial charge in [0.2, 0.25) is 0 Å². The van der Waals surface area contributed by atoms with Crippen molar-refractivity contribution in [2.24, 2.45) is 0 Å². The third kappa shape index (κ3) is 3.97. The second-order valence-corrected chi connectivity index (χ2v) is 10.2. The van der Waals surface area contributed by atoms with Crippen LogP contribution >= 0.6 is 22.9 Å². The molecule has 0 amide bonds. The maximum atomic E-state index is 12.8. The van der Waals surface area contributed by atoms with Gasteiger partial charge in [-0.15, -0.1) is 11.3 Å². The summed E-state index contributed by atoms with van der Waals surface area (Å²) in [5.41, 5.74) is 2.52. The van der Waals surface area contributed by atoms with Crippen molar-refractivity contribution in [1.29, 1.82) is 0 Å². The van der Waals surface area contributed by atoms with Gasteiger partial charge >= 0.3 is 0 Å². The van der Waals surface area contributed by atoms with Crippen LogP contribution in [-0.2, 0) is 16.3 Å². The number of halogens is 1. The highest BCUT2D eigenvalue weighted by Crippen LogP contribution is 2.37. The van der Waals surface area contributed by atoms with Crippen LogP contribution in [0.5, 0.6) is 0 Å². The molecule has 0 N–H and O–H groups in total. The minimum atomic E-state index is -3.34. The lowest BCUT2D eigenvalue weighted by atomic mass is 9.93. The normalized spacial score (nSPS) is 17.6. The predicted octanol–water partition coefficient (Wildman–Crippen LogP) is 4.82. The lowest BCUT2D eigenvalue weighted by Gasteiger charge is -2.36. The molecule has 2 heterocycles. The van der Waals surface area contributed by atoms with Gasteiger partial charge in [0.05, 0.1) is 16.7 Å². The van der Waals surface area contributed by atoms with Crippen LogP contribution in [0.1, 0.15) is 22.0 Å². The molecule has 1 unspecified atom stereocenters. The van der Waals surface area contributed by atoms with Crippen LogP contribution in [0, 0.1) is 0 Å². The van der Waals surface area contributed by atoms with Crippen molar-refractivity contribution in [2.75, 3.05) is 18.8 Å². The standard InChI is InChI=1S/C21H20ClNO2S2/c22-17-6-8-18(9-7-17)27(24,25)15-13-23-12-10-20-19(11-14-26-20)21(23)16-4-2-1-3-5-16/h1-9,11,14,21H,10,12-13,15H2. The average Bonchev–Trinajstić information content (AvgIpc) is 3.16. The molecule has 0 radical (unpaired) electrons. The van der Waals surface area contributed by atoms with Gasteiger partial charge in [0.1, 0.15) is 0 Å². The van der Waals surface area contributed by atoms with Crippen molar-refractivity contribution >= 4 is 32.8 Å². The van der Waals surface area contributed by atoms with Gasteiger partial charge in [-0.2, -0.15) is 0 Å². The van der Waals surface area contributed by atoms with Gasteiger partial charge in [-0.05, 0) is 53.3 Å². The summed E-state index contributed by atoms with van der Waals surface area (Å²) in [6.45, 7) is 1.36. The van der Waals surface area contributed by atoms with E-state index in [1.54, 1.807) is 35.6 Å². The molecule has 2 aromatic carbocycles. The van der Waals surface area contributed by atoms with Gasteiger partial charge < -0.3 is 0 Å². The van der Waals surface area contributed by atoms with Crippen molar-refractivity contribution in [3.05, 3.63) is 87.1 Å². The van der Waals surface area contributed by atoms with Crippen LogP contribution < -0.4 is 0 Å². The molecule has 1 atom stereocenters. The minimum Gasteiger partial charge on any atom is -0.291 e. The number of rotatable bonds is 5. The number of thiophene rings is 1. The summed E-state index contributed by atoms with van der Waals surface area (Å²) >= 11 is 7.67. The number of fused-ring (bicyclic) bond motifs is 1. The first-order valence-electron chi connectivity index (χ1n) is 8.88. The summed E-state index contributed by atoms with van der Waals surface area (Å²) in [6, 6.07) is 19.0. The quantitative estimate of drug-likeness (QED) is 0.597. The fraction of sp³-hybridized carbons (Fsp3) is 0.238. The highest BCUT2D eigenvalue weighted by molar-refractivity contribution is 7.91. The predicted molar refractivity (Wildman–Crippen MR) is 111 cm³/mol. The van der Waals surface area contributed by atoms with Gasteiger partial charge in [-0.25, -0.2) is 8.42 Å². The van der Waals surface area contributed by atoms with E-state index in [2.05, 4.69) is 28.5 Å². The Hall–Kier alpha value is -1.66. The Morgan fingerprint density at radius 1 is 1.04 bits per heavy atom. The third-order valence-electron chi connectivity index (χ3n) is 5.00. The summed E-state index contributed by atoms with van der Waals surface area (Å²) in [5, 5.41) is 2.67. The summed E-state index contributed by atoms with van der Waals surface area (Å²) in [5.74, 6) is 0.0947. The Labute approximate surface area is 169 Å². The molecule has 3 nitrogen and oxygen atoms in total. The van der Waals surface area contributed by atoms with E-state index in [1.807, 2.05) is 18.2 Å². The average molecular weight is 418 g/mol. The monoisotopic (exact) mass is 417 g/mol. The maximum Gasteiger partial charge on any atom is 0.179 e. The molecule has 0 saturated carbocycles. The van der Waals surface area contributed by atoms with E-state index in [1.165, 1.54) is 16.0 Å². The summed E-state index contributed by atoms with van der Waals surface area (Å²) in [6.07, 6.45) is 0.970. The molecule has 1 aliphatic rings. The number of benzene rings is 2. The second-order valence-electron chi connectivity index (χ2n) is 6.67. The highest BCUT2D eigenvalue weighted by atomic mass is 35.5. The lowest BCUT2D eigenvalue weighted by Crippen LogP contribution is -2.38. The largest absolute Gasteiger partial charge is 0.291 e. The van der Waals surface area contributed by atoms with Gasteiger partial charge in [0, 0.05) is 23.0 Å². The molecule has 1 aliphatic heterocycles. The lowest BCUT2D eigenvalue weighted by molar-refractivity contribution is 0.228. The molecule has 27 heavy (non-hydrogen) atoms. The van der Waals surface area contributed by atoms with Crippen LogP contribution in [0.3, 0.4) is 0 Å². The van der Waals surface area contributed by atoms with E-state index in [9.17, 15) is 8.42 Å². The Morgan fingerprint density at radius 2 is 1.78 bits per heavy atom. The molecule has 0 aliphatic carbocycles. The Kier molecular flexibility index (Phi) is 5.37. The number of nitrogens with zero attached hydrogens (tertiary/aromatic N) is 1. The fourth-order valence-corrected chi connectivity index (χ4v) is 5.92. The topological polar surface area (TPSA) is 37.4 Å². The molecule has 140 valence electrons. The Morgan fingerprint density at radius 3 is 2.52 bits per heavy atom. The van der Waals surface area contributed by atoms with Crippen molar-refractivity contribution in [1.82, 2.24) is 4.90 Å². The molecular weight excluding hydrogens is 398 g/mol. The zero-order valence-electron chi connectivity index (χ0n) is 14.7. The fourth-order valence-electron chi connectivity index (χ4n) is 3.63. The second kappa shape index (κ2) is 7.76. The van der Waals surface area contributed by atoms with E-state index < -0.39 is 9.84 Å². The van der Waals surface area contributed by atoms with Crippen LogP contribution in [0.2, 0.25) is 5.02 Å². The van der Waals surface area contributed by atoms with E-state index in [4.69, 9.17) is 11.6 Å². The first kappa shape index (κ1) is 18.7. The van der Waals surface area contributed by atoms with Crippen molar-refractivity contribution < 1.29 is 8.42 Å². The summed E-state index contributed by atoms with van der Waals surface area (Å²) < 4.78 is 25.5. The molecule has 0 saturated heterocycles. The first-order chi connectivity index (χ1) is 13.0. The number of hydrogen-bond acceptors (Lipinski definition) is 4. The van der Waals surface area contributed by atoms with Crippen molar-refractivity contribution in [2.45, 2.75) is 17.4 Å². The zero-order valence-corrected chi connectivity index (χ0v) is 17.1. The molecule has 6 heteroatoms. The van der Waals surface area contributed by atoms with Crippen LogP contribution in [0.25, 0.3) is 0 Å². The van der Waals surface area contributed by atoms with E-state index in [0.717, 1.165) is 13.0 Å². The summed E-state index contributed by atoms with van der Waals surface area (Å²) in [7, 11) is -3.34. The Balaban J connectivity index is 1.58. The maximum absolute atomic E-state index is 12.8. The van der Waals surface area contributed by atoms with Crippen molar-refractivity contribution in [3.8, 4) is 0 Å². The third-order valence-corrected chi connectivity index (χ3v) is 7.96. The smallest absolute Gasteiger partial charge is 0.179 e. The van der Waals surface area contributed by atoms with E-state index >= 15 is 0 Å². The van der Waals surface area contributed by atoms with Gasteiger partial charge in [-0.1, -0.05) is 41.9 Å². The van der Waals surface area contributed by atoms with E-state index in [0.29, 0.717) is 16.5 Å². The van der Waals surface area contributed by atoms with Gasteiger partial charge in [0.25, 0.3) is 0 Å². The molecule has 4 rings (SSSR count). The molecule has 0 spiro atoms.